The second kappa shape index (κ2) is 47.0. The zero-order valence-corrected chi connectivity index (χ0v) is 82.7. The number of aromatic nitrogens is 12. The summed E-state index contributed by atoms with van der Waals surface area (Å²) in [5.41, 5.74) is 10.4. The van der Waals surface area contributed by atoms with Crippen LogP contribution in [0.3, 0.4) is 0 Å². The van der Waals surface area contributed by atoms with E-state index in [1.54, 1.807) is 13.8 Å². The molecule has 764 valence electrons. The molecule has 6 aliphatic rings. The molecule has 11 unspecified atom stereocenters. The van der Waals surface area contributed by atoms with Crippen molar-refractivity contribution in [2.24, 2.45) is 0 Å². The molecule has 12 heterocycles. The van der Waals surface area contributed by atoms with Gasteiger partial charge in [0.2, 0.25) is 0 Å². The molecule has 0 amide bonds. The highest BCUT2D eigenvalue weighted by molar-refractivity contribution is 8.32. The number of nitrogens with two attached hydrogens (primary N) is 3. The first-order valence-electron chi connectivity index (χ1n) is 41.9. The quantitative estimate of drug-likeness (QED) is 0.0109. The zero-order valence-electron chi connectivity index (χ0n) is 75.0. The summed E-state index contributed by atoms with van der Waals surface area (Å²) in [5.74, 6) is -0.469. The van der Waals surface area contributed by atoms with Gasteiger partial charge in [0.15, 0.2) is 31.7 Å². The van der Waals surface area contributed by atoms with Crippen LogP contribution in [0.2, 0.25) is 0 Å². The summed E-state index contributed by atoms with van der Waals surface area (Å²) in [6.07, 6.45) is -29.1. The van der Waals surface area contributed by atoms with E-state index in [4.69, 9.17) is 176 Å². The van der Waals surface area contributed by atoms with Crippen LogP contribution in [0.4, 0.5) is 17.5 Å². The number of phosphoric ester groups is 1. The van der Waals surface area contributed by atoms with Gasteiger partial charge in [-0.1, -0.05) is 42.3 Å². The number of nitrogen functional groups attached to an aromatic ring is 3. The molecule has 10 N–H and O–H groups in total. The number of H-pyrrole nitrogens is 3. The van der Waals surface area contributed by atoms with Crippen molar-refractivity contribution in [3.63, 3.8) is 0 Å². The summed E-state index contributed by atoms with van der Waals surface area (Å²) in [5, 5.41) is 11.7. The van der Waals surface area contributed by atoms with Gasteiger partial charge in [-0.05, 0) is 48.0 Å². The predicted molar refractivity (Wildman–Crippen MR) is 476 cm³/mol. The first-order chi connectivity index (χ1) is 64.7. The first-order valence-corrected chi connectivity index (χ1v) is 53.6. The fraction of sp³-hybridized carbons (Fsp3) is 0.671. The molecule has 64 heteroatoms. The minimum Gasteiger partial charge on any atom is -0.780 e. The maximum absolute atomic E-state index is 15.4. The number of phosphoric acid groups is 1. The van der Waals surface area contributed by atoms with Crippen LogP contribution < -0.4 is 87.6 Å². The van der Waals surface area contributed by atoms with Crippen molar-refractivity contribution in [2.45, 2.75) is 203 Å². The average Bonchev–Trinajstić information content (AvgIpc) is 1.64. The van der Waals surface area contributed by atoms with Crippen molar-refractivity contribution in [3.05, 3.63) is 165 Å². The molecule has 6 aliphatic heterocycles. The van der Waals surface area contributed by atoms with E-state index in [1.807, 2.05) is 0 Å². The Hall–Kier alpha value is -6.32. The molecule has 6 aromatic rings. The zero-order chi connectivity index (χ0) is 99.8. The molecule has 0 bridgehead atoms. The molecule has 55 nitrogen and oxygen atoms in total. The lowest BCUT2D eigenvalue weighted by molar-refractivity contribution is -0.238. The van der Waals surface area contributed by atoms with Crippen molar-refractivity contribution in [2.75, 3.05) is 132 Å². The molecule has 0 aromatic carbocycles. The van der Waals surface area contributed by atoms with Crippen LogP contribution in [0.15, 0.2) is 80.3 Å². The Labute approximate surface area is 797 Å². The fourth-order valence-corrected chi connectivity index (χ4v) is 22.0. The summed E-state index contributed by atoms with van der Waals surface area (Å²) in [7, 11) is -0.910. The molecule has 0 saturated carbocycles. The van der Waals surface area contributed by atoms with Gasteiger partial charge in [0, 0.05) is 112 Å². The van der Waals surface area contributed by atoms with E-state index in [0.29, 0.717) is 5.56 Å². The molecule has 27 atom stereocenters. The van der Waals surface area contributed by atoms with Gasteiger partial charge >= 0.3 is 34.1 Å². The molecule has 12 rings (SSSR count). The molecule has 0 aliphatic carbocycles. The number of ether oxygens (including phenoxy) is 14. The SMILES string of the molecule is CC[C@H]1O[C@@H](n2cc(C)c(N)nc2=O)CC1OP([O-])(=S)OC[C@H]1O[C@@H](n2cc(C)c(=O)[nH]c2=O)CC1OP(=O)([S-])OC[C@H]1O[C@@H](n2cc(C)c(=O)[nH]c2=O)[C@@H](OCCOC)C1OP(=O)([O-])OC[C@H]1O[C@@H](n2cc(C)c(N)nc2=O)[C@@H](OCCOC)C1OP([O-])(=S)OC[C@H]1O[C@@H](n2cc(C)c(N)nc2=O)[C@@H](OCCOC)C1OP([O-])(=S)OC[C@H]1O[C@@H](n2cc(C)c(=O)[nH]c2=O)[C@@H](OCCOC)C1O. The van der Waals surface area contributed by atoms with E-state index < -0.39 is 273 Å². The average molecular weight is 2110 g/mol. The summed E-state index contributed by atoms with van der Waals surface area (Å²) in [4.78, 5) is 197. The van der Waals surface area contributed by atoms with Crippen LogP contribution in [-0.4, -0.2) is 274 Å². The number of aryl methyl sites for hydroxylation is 6. The Morgan fingerprint density at radius 1 is 0.401 bits per heavy atom. The molecular weight excluding hydrogens is 2010 g/mol. The number of rotatable bonds is 48. The Kier molecular flexibility index (Phi) is 37.6. The van der Waals surface area contributed by atoms with E-state index >= 15 is 14.4 Å². The number of aromatic amines is 3. The minimum atomic E-state index is -6.17. The highest BCUT2D eigenvalue weighted by atomic mass is 32.7. The summed E-state index contributed by atoms with van der Waals surface area (Å²) in [6, 6.07) is 0. The lowest BCUT2D eigenvalue weighted by Gasteiger charge is -2.37. The number of nitrogens with zero attached hydrogens (tertiary/aromatic N) is 9. The number of anilines is 3. The fourth-order valence-electron chi connectivity index (χ4n) is 15.3. The van der Waals surface area contributed by atoms with Crippen molar-refractivity contribution in [1.82, 2.24) is 57.3 Å². The van der Waals surface area contributed by atoms with Gasteiger partial charge < -0.3 is 166 Å². The van der Waals surface area contributed by atoms with Gasteiger partial charge in [-0.3, -0.25) is 65.9 Å². The van der Waals surface area contributed by atoms with Gasteiger partial charge in [0.1, 0.15) is 129 Å². The topological polar surface area (TPSA) is 715 Å². The third-order valence-electron chi connectivity index (χ3n) is 22.3. The second-order valence-corrected chi connectivity index (χ2v) is 44.0. The van der Waals surface area contributed by atoms with Crippen molar-refractivity contribution in [1.29, 1.82) is 0 Å². The van der Waals surface area contributed by atoms with Gasteiger partial charge in [-0.25, -0.2) is 28.8 Å². The van der Waals surface area contributed by atoms with Crippen LogP contribution in [0, 0.1) is 41.5 Å². The minimum absolute atomic E-state index is 0.000186. The van der Waals surface area contributed by atoms with E-state index in [9.17, 15) is 62.6 Å². The lowest BCUT2D eigenvalue weighted by Crippen LogP contribution is -2.43. The maximum atomic E-state index is 15.4. The van der Waals surface area contributed by atoms with Gasteiger partial charge in [-0.15, -0.1) is 0 Å². The number of hydrogen-bond acceptors (Lipinski definition) is 50. The van der Waals surface area contributed by atoms with Gasteiger partial charge in [0.25, 0.3) is 24.5 Å². The van der Waals surface area contributed by atoms with E-state index in [1.165, 1.54) is 86.2 Å². The van der Waals surface area contributed by atoms with E-state index in [0.717, 1.165) is 41.4 Å². The van der Waals surface area contributed by atoms with E-state index in [2.05, 4.69) is 29.9 Å². The number of aliphatic hydroxyl groups excluding tert-OH is 1. The van der Waals surface area contributed by atoms with Crippen molar-refractivity contribution < 1.29 is 145 Å². The normalized spacial score (nSPS) is 29.5. The monoisotopic (exact) mass is 2110 g/mol. The predicted octanol–water partition coefficient (Wildman–Crippen LogP) is -4.05. The van der Waals surface area contributed by atoms with Crippen molar-refractivity contribution >= 4 is 99.9 Å². The Morgan fingerprint density at radius 2 is 0.715 bits per heavy atom. The molecule has 6 fully saturated rings. The van der Waals surface area contributed by atoms with Crippen LogP contribution in [0.5, 0.6) is 0 Å². The third kappa shape index (κ3) is 27.2. The second-order valence-electron chi connectivity index (χ2n) is 31.8. The van der Waals surface area contributed by atoms with Crippen molar-refractivity contribution in [3.8, 4) is 0 Å². The number of methoxy groups -OCH3 is 4. The van der Waals surface area contributed by atoms with Gasteiger partial charge in [0.05, 0.1) is 104 Å². The molecule has 0 radical (unpaired) electrons. The van der Waals surface area contributed by atoms with Crippen LogP contribution in [0.25, 0.3) is 0 Å². The highest BCUT2D eigenvalue weighted by Gasteiger charge is 2.55. The molecule has 6 saturated heterocycles. The number of aliphatic hydroxyl groups is 1. The Bertz CT molecular complexity index is 6100. The third-order valence-corrected chi connectivity index (χ3v) is 29.5. The Morgan fingerprint density at radius 3 is 1.15 bits per heavy atom. The summed E-state index contributed by atoms with van der Waals surface area (Å²) >= 11 is 22.0. The number of nitrogens with one attached hydrogen (secondary N) is 3. The first kappa shape index (κ1) is 109. The smallest absolute Gasteiger partial charge is 0.351 e. The summed E-state index contributed by atoms with van der Waals surface area (Å²) in [6.45, 7) is -17.1. The largest absolute Gasteiger partial charge is 0.780 e. The van der Waals surface area contributed by atoms with Crippen LogP contribution >= 0.6 is 34.8 Å². The maximum Gasteiger partial charge on any atom is 0.351 e. The Balaban J connectivity index is 0.824. The number of hydrogen-bond donors (Lipinski definition) is 7. The lowest BCUT2D eigenvalue weighted by atomic mass is 10.1. The highest BCUT2D eigenvalue weighted by Crippen LogP contribution is 2.56. The van der Waals surface area contributed by atoms with Crippen LogP contribution in [0.1, 0.15) is 96.9 Å². The molecule has 6 aromatic heterocycles. The van der Waals surface area contributed by atoms with E-state index in [-0.39, 0.29) is 97.8 Å². The molecule has 0 spiro atoms. The standard InChI is InChI=1S/C73H108N15O40P5S4/c1-12-40-41(21-48(118-40)83-23-34(2)58(74)77-68(83)93)124-130(101,134)114-29-43-42(22-49(119-43)84-26-37(5)61(90)80-71(84)96)125-131(102,135)116-32-46-51(55(110-18-14-106-9)65(122-46)88-28-39(7)63(92)82-73(88)98)126-129(99,100)113-31-45-52(56(111-19-15-107-10)66(121-45)85-24-35(3)59(75)78-69(85)94)127-133(104,137)117-33-47-53(57(112-20-16-108-11)67(123-47)86-25-36(4)60(76)79-70(86)95)128-132(103,136)115-30-44-50(89)54(109-17-13-105-8)64(120-44)87-27-38(6)62(91)81-72(87)97/h23-28,40-57,64-67,89H,12-22,29-33H2,1-11H3,(H,99,100)(H,101,134)(H,102,135)(H,103,136)(H,104,137)(H2,74,77,93)(H2,75,78,94)(H2,76,79,95)(H,80,90,96)(H,81,91,97)(H,82,92,98)/p-5/t40-,41?,42?,43-,44-,45-,46-,47-,48-,49-,50?,51?,52?,53?,54+,55+,56+,57+,64-,65-,66-,67-,130?,131?,132?,133?/m1/s1. The van der Waals surface area contributed by atoms with Crippen LogP contribution in [-0.2, 0) is 168 Å². The molecular formula is C73H103N15O40P5S4-5. The summed E-state index contributed by atoms with van der Waals surface area (Å²) < 4.78 is 178. The molecule has 137 heavy (non-hydrogen) atoms. The van der Waals surface area contributed by atoms with Gasteiger partial charge in [-0.2, -0.15) is 15.0 Å².